The van der Waals surface area contributed by atoms with Gasteiger partial charge in [-0.25, -0.2) is 0 Å². The number of hydrogen-bond donors (Lipinski definition) is 2. The molecule has 0 spiro atoms. The van der Waals surface area contributed by atoms with Crippen molar-refractivity contribution >= 4 is 34.2 Å². The van der Waals surface area contributed by atoms with E-state index in [0.29, 0.717) is 5.75 Å². The van der Waals surface area contributed by atoms with Crippen LogP contribution in [0.1, 0.15) is 18.9 Å². The molecule has 1 amide bonds. The van der Waals surface area contributed by atoms with E-state index in [4.69, 9.17) is 4.74 Å². The number of hydrogen-bond acceptors (Lipinski definition) is 3. The molecule has 122 valence electrons. The van der Waals surface area contributed by atoms with E-state index in [1.807, 2.05) is 48.5 Å². The van der Waals surface area contributed by atoms with Crippen molar-refractivity contribution in [2.24, 2.45) is 0 Å². The predicted octanol–water partition coefficient (Wildman–Crippen LogP) is 3.62. The summed E-state index contributed by atoms with van der Waals surface area (Å²) in [5.41, 5.74) is 1.90. The zero-order valence-corrected chi connectivity index (χ0v) is 15.1. The van der Waals surface area contributed by atoms with E-state index in [1.165, 1.54) is 0 Å². The average Bonchev–Trinajstić information content (AvgIpc) is 2.52. The van der Waals surface area contributed by atoms with Crippen LogP contribution in [0.5, 0.6) is 5.75 Å². The molecule has 0 bridgehead atoms. The molecule has 1 atom stereocenters. The van der Waals surface area contributed by atoms with Crippen molar-refractivity contribution in [2.45, 2.75) is 25.9 Å². The highest BCUT2D eigenvalue weighted by Crippen LogP contribution is 2.15. The molecule has 23 heavy (non-hydrogen) atoms. The second-order valence-electron chi connectivity index (χ2n) is 5.38. The van der Waals surface area contributed by atoms with E-state index < -0.39 is 0 Å². The molecule has 0 aliphatic heterocycles. The number of aliphatic hydroxyl groups excluding tert-OH is 1. The van der Waals surface area contributed by atoms with Gasteiger partial charge in [0.15, 0.2) is 6.61 Å². The van der Waals surface area contributed by atoms with Crippen LogP contribution >= 0.6 is 22.6 Å². The van der Waals surface area contributed by atoms with Crippen LogP contribution < -0.4 is 10.1 Å². The third kappa shape index (κ3) is 6.58. The summed E-state index contributed by atoms with van der Waals surface area (Å²) in [6, 6.07) is 15.2. The van der Waals surface area contributed by atoms with E-state index in [1.54, 1.807) is 6.92 Å². The molecular weight excluding hydrogens is 405 g/mol. The summed E-state index contributed by atoms with van der Waals surface area (Å²) in [5.74, 6) is 0.466. The number of ether oxygens (including phenoxy) is 1. The van der Waals surface area contributed by atoms with Crippen molar-refractivity contribution < 1.29 is 14.6 Å². The monoisotopic (exact) mass is 425 g/mol. The molecule has 0 fully saturated rings. The highest BCUT2D eigenvalue weighted by atomic mass is 127. The van der Waals surface area contributed by atoms with Crippen LogP contribution in [0.25, 0.3) is 0 Å². The van der Waals surface area contributed by atoms with Crippen LogP contribution in [0, 0.1) is 3.57 Å². The Morgan fingerprint density at radius 3 is 2.65 bits per heavy atom. The Labute approximate surface area is 150 Å². The number of halogens is 1. The number of aliphatic hydroxyl groups is 1. The third-order valence-corrected chi connectivity index (χ3v) is 3.92. The van der Waals surface area contributed by atoms with Gasteiger partial charge >= 0.3 is 0 Å². The Balaban J connectivity index is 1.80. The molecule has 5 heteroatoms. The lowest BCUT2D eigenvalue weighted by Crippen LogP contribution is -2.20. The minimum absolute atomic E-state index is 0.0293. The first kappa shape index (κ1) is 17.7. The van der Waals surface area contributed by atoms with Gasteiger partial charge in [0.1, 0.15) is 5.75 Å². The lowest BCUT2D eigenvalue weighted by Gasteiger charge is -2.09. The van der Waals surface area contributed by atoms with Crippen LogP contribution in [0.4, 0.5) is 5.69 Å². The van der Waals surface area contributed by atoms with Crippen molar-refractivity contribution in [3.63, 3.8) is 0 Å². The summed E-state index contributed by atoms with van der Waals surface area (Å²) in [7, 11) is 0. The van der Waals surface area contributed by atoms with Crippen molar-refractivity contribution in [1.29, 1.82) is 0 Å². The Morgan fingerprint density at radius 2 is 2.00 bits per heavy atom. The highest BCUT2D eigenvalue weighted by molar-refractivity contribution is 14.1. The van der Waals surface area contributed by atoms with Crippen molar-refractivity contribution in [3.05, 3.63) is 57.7 Å². The van der Waals surface area contributed by atoms with Gasteiger partial charge in [0.25, 0.3) is 5.91 Å². The number of benzene rings is 2. The first-order chi connectivity index (χ1) is 11.0. The highest BCUT2D eigenvalue weighted by Gasteiger charge is 2.05. The molecule has 0 aromatic heterocycles. The third-order valence-electron chi connectivity index (χ3n) is 3.25. The molecule has 0 aliphatic carbocycles. The largest absolute Gasteiger partial charge is 0.484 e. The van der Waals surface area contributed by atoms with E-state index in [2.05, 4.69) is 27.9 Å². The van der Waals surface area contributed by atoms with Crippen molar-refractivity contribution in [2.75, 3.05) is 11.9 Å². The maximum absolute atomic E-state index is 11.9. The Bertz CT molecular complexity index is 641. The normalized spacial score (nSPS) is 11.8. The lowest BCUT2D eigenvalue weighted by atomic mass is 10.1. The second-order valence-corrected chi connectivity index (χ2v) is 6.62. The topological polar surface area (TPSA) is 58.6 Å². The maximum atomic E-state index is 11.9. The number of carbonyl (C=O) groups excluding carboxylic acids is 1. The molecule has 2 N–H and O–H groups in total. The standard InChI is InChI=1S/C18H20INO3/c1-13(21)5-6-14-7-9-17(10-8-14)23-12-18(22)20-16-4-2-3-15(19)11-16/h2-4,7-11,13,21H,5-6,12H2,1H3,(H,20,22)/t13-/m1/s1. The van der Waals surface area contributed by atoms with Crippen LogP contribution in [0.2, 0.25) is 0 Å². The lowest BCUT2D eigenvalue weighted by molar-refractivity contribution is -0.118. The summed E-state index contributed by atoms with van der Waals surface area (Å²) in [6.45, 7) is 1.75. The summed E-state index contributed by atoms with van der Waals surface area (Å²) < 4.78 is 6.55. The van der Waals surface area contributed by atoms with Gasteiger partial charge in [0, 0.05) is 9.26 Å². The Kier molecular flexibility index (Phi) is 6.85. The van der Waals surface area contributed by atoms with Crippen LogP contribution in [-0.4, -0.2) is 23.7 Å². The van der Waals surface area contributed by atoms with Crippen molar-refractivity contribution in [3.8, 4) is 5.75 Å². The van der Waals surface area contributed by atoms with Crippen molar-refractivity contribution in [1.82, 2.24) is 0 Å². The smallest absolute Gasteiger partial charge is 0.262 e. The first-order valence-electron chi connectivity index (χ1n) is 7.48. The van der Waals surface area contributed by atoms with Gasteiger partial charge in [-0.3, -0.25) is 4.79 Å². The zero-order chi connectivity index (χ0) is 16.7. The number of nitrogens with one attached hydrogen (secondary N) is 1. The fraction of sp³-hybridized carbons (Fsp3) is 0.278. The fourth-order valence-electron chi connectivity index (χ4n) is 2.04. The molecule has 0 saturated heterocycles. The van der Waals surface area contributed by atoms with Gasteiger partial charge in [-0.05, 0) is 78.3 Å². The Morgan fingerprint density at radius 1 is 1.26 bits per heavy atom. The number of carbonyl (C=O) groups is 1. The van der Waals surface area contributed by atoms with E-state index in [9.17, 15) is 9.90 Å². The van der Waals surface area contributed by atoms with E-state index in [0.717, 1.165) is 27.7 Å². The zero-order valence-electron chi connectivity index (χ0n) is 13.0. The molecule has 0 saturated carbocycles. The molecule has 0 unspecified atom stereocenters. The summed E-state index contributed by atoms with van der Waals surface area (Å²) in [4.78, 5) is 11.9. The summed E-state index contributed by atoms with van der Waals surface area (Å²) in [5, 5.41) is 12.1. The number of rotatable bonds is 7. The van der Waals surface area contributed by atoms with Gasteiger partial charge in [-0.15, -0.1) is 0 Å². The minimum atomic E-state index is -0.296. The quantitative estimate of drug-likeness (QED) is 0.667. The molecule has 2 aromatic rings. The Hall–Kier alpha value is -1.60. The average molecular weight is 425 g/mol. The first-order valence-corrected chi connectivity index (χ1v) is 8.56. The summed E-state index contributed by atoms with van der Waals surface area (Å²) in [6.07, 6.45) is 1.26. The molecular formula is C18H20INO3. The fourth-order valence-corrected chi connectivity index (χ4v) is 2.58. The van der Waals surface area contributed by atoms with Crippen LogP contribution in [0.15, 0.2) is 48.5 Å². The molecule has 2 rings (SSSR count). The number of anilines is 1. The minimum Gasteiger partial charge on any atom is -0.484 e. The molecule has 4 nitrogen and oxygen atoms in total. The van der Waals surface area contributed by atoms with Gasteiger partial charge in [-0.2, -0.15) is 0 Å². The summed E-state index contributed by atoms with van der Waals surface area (Å²) >= 11 is 2.20. The molecule has 0 heterocycles. The van der Waals surface area contributed by atoms with Crippen LogP contribution in [0.3, 0.4) is 0 Å². The van der Waals surface area contributed by atoms with Gasteiger partial charge < -0.3 is 15.2 Å². The maximum Gasteiger partial charge on any atom is 0.262 e. The number of aryl methyl sites for hydroxylation is 1. The van der Waals surface area contributed by atoms with E-state index >= 15 is 0 Å². The number of amides is 1. The SMILES string of the molecule is C[C@@H](O)CCc1ccc(OCC(=O)Nc2cccc(I)c2)cc1. The molecule has 2 aromatic carbocycles. The molecule has 0 aliphatic rings. The van der Waals surface area contributed by atoms with Gasteiger partial charge in [0.2, 0.25) is 0 Å². The van der Waals surface area contributed by atoms with Gasteiger partial charge in [0.05, 0.1) is 6.10 Å². The second kappa shape index (κ2) is 8.88. The molecule has 0 radical (unpaired) electrons. The van der Waals surface area contributed by atoms with Crippen LogP contribution in [-0.2, 0) is 11.2 Å². The van der Waals surface area contributed by atoms with Gasteiger partial charge in [-0.1, -0.05) is 18.2 Å². The predicted molar refractivity (Wildman–Crippen MR) is 99.7 cm³/mol. The van der Waals surface area contributed by atoms with E-state index in [-0.39, 0.29) is 18.6 Å².